The smallest absolute Gasteiger partial charge is 0.303 e. The summed E-state index contributed by atoms with van der Waals surface area (Å²) >= 11 is 0. The molecule has 1 aliphatic heterocycles. The normalized spacial score (nSPS) is 23.8. The number of aromatic nitrogens is 2. The Kier molecular flexibility index (Phi) is 6.15. The largest absolute Gasteiger partial charge is 0.481 e. The maximum absolute atomic E-state index is 11.0. The lowest BCUT2D eigenvalue weighted by molar-refractivity contribution is -0.138. The van der Waals surface area contributed by atoms with Crippen LogP contribution < -0.4 is 5.32 Å². The average Bonchev–Trinajstić information content (AvgIpc) is 2.81. The van der Waals surface area contributed by atoms with E-state index in [1.807, 2.05) is 12.4 Å². The first-order chi connectivity index (χ1) is 11.7. The SMILES string of the molecule is O=C(O)C[C@H]1CNCCN(Cc2cnc(C3CCCCC3)nc2)C1. The number of carbonyl (C=O) groups is 1. The van der Waals surface area contributed by atoms with E-state index < -0.39 is 5.97 Å². The molecule has 0 unspecified atom stereocenters. The van der Waals surface area contributed by atoms with Crippen LogP contribution in [0.1, 0.15) is 55.8 Å². The van der Waals surface area contributed by atoms with E-state index in [0.717, 1.165) is 44.1 Å². The maximum atomic E-state index is 11.0. The van der Waals surface area contributed by atoms with Crippen LogP contribution in [0.3, 0.4) is 0 Å². The van der Waals surface area contributed by atoms with Gasteiger partial charge < -0.3 is 10.4 Å². The van der Waals surface area contributed by atoms with Crippen molar-refractivity contribution in [2.75, 3.05) is 26.2 Å². The highest BCUT2D eigenvalue weighted by atomic mass is 16.4. The van der Waals surface area contributed by atoms with Crippen molar-refractivity contribution in [3.8, 4) is 0 Å². The van der Waals surface area contributed by atoms with E-state index in [0.29, 0.717) is 5.92 Å². The number of carboxylic acid groups (broad SMARTS) is 1. The lowest BCUT2D eigenvalue weighted by Gasteiger charge is -2.23. The number of aliphatic carboxylic acids is 1. The number of nitrogens with one attached hydrogen (secondary N) is 1. The van der Waals surface area contributed by atoms with E-state index in [1.165, 1.54) is 32.1 Å². The van der Waals surface area contributed by atoms with E-state index in [4.69, 9.17) is 5.11 Å². The zero-order valence-electron chi connectivity index (χ0n) is 14.3. The lowest BCUT2D eigenvalue weighted by atomic mass is 9.89. The Morgan fingerprint density at radius 2 is 2.00 bits per heavy atom. The summed E-state index contributed by atoms with van der Waals surface area (Å²) in [6, 6.07) is 0. The van der Waals surface area contributed by atoms with Gasteiger partial charge in [-0.15, -0.1) is 0 Å². The molecule has 132 valence electrons. The molecule has 0 spiro atoms. The molecule has 2 fully saturated rings. The maximum Gasteiger partial charge on any atom is 0.303 e. The fourth-order valence-corrected chi connectivity index (χ4v) is 3.87. The second-order valence-corrected chi connectivity index (χ2v) is 7.19. The highest BCUT2D eigenvalue weighted by Crippen LogP contribution is 2.30. The van der Waals surface area contributed by atoms with Crippen LogP contribution in [0.15, 0.2) is 12.4 Å². The van der Waals surface area contributed by atoms with Crippen LogP contribution in [0.4, 0.5) is 0 Å². The fraction of sp³-hybridized carbons (Fsp3) is 0.722. The monoisotopic (exact) mass is 332 g/mol. The van der Waals surface area contributed by atoms with Gasteiger partial charge in [-0.25, -0.2) is 9.97 Å². The van der Waals surface area contributed by atoms with Crippen LogP contribution in [0.25, 0.3) is 0 Å². The summed E-state index contributed by atoms with van der Waals surface area (Å²) in [5.74, 6) is 0.978. The first kappa shape index (κ1) is 17.3. The van der Waals surface area contributed by atoms with Crippen molar-refractivity contribution in [2.45, 2.75) is 51.0 Å². The van der Waals surface area contributed by atoms with Gasteiger partial charge in [-0.05, 0) is 25.3 Å². The topological polar surface area (TPSA) is 78.4 Å². The van der Waals surface area contributed by atoms with Gasteiger partial charge in [-0.2, -0.15) is 0 Å². The molecule has 2 heterocycles. The molecule has 24 heavy (non-hydrogen) atoms. The number of nitrogens with zero attached hydrogens (tertiary/aromatic N) is 3. The molecule has 1 aliphatic carbocycles. The molecule has 0 bridgehead atoms. The number of hydrogen-bond donors (Lipinski definition) is 2. The number of hydrogen-bond acceptors (Lipinski definition) is 5. The highest BCUT2D eigenvalue weighted by molar-refractivity contribution is 5.67. The predicted molar refractivity (Wildman–Crippen MR) is 91.7 cm³/mol. The van der Waals surface area contributed by atoms with Crippen LogP contribution in [0.5, 0.6) is 0 Å². The summed E-state index contributed by atoms with van der Waals surface area (Å²) < 4.78 is 0. The molecular weight excluding hydrogens is 304 g/mol. The van der Waals surface area contributed by atoms with Gasteiger partial charge in [0.15, 0.2) is 0 Å². The minimum Gasteiger partial charge on any atom is -0.481 e. The zero-order chi connectivity index (χ0) is 16.8. The van der Waals surface area contributed by atoms with Crippen molar-refractivity contribution in [1.82, 2.24) is 20.2 Å². The van der Waals surface area contributed by atoms with E-state index in [2.05, 4.69) is 20.2 Å². The molecule has 0 amide bonds. The van der Waals surface area contributed by atoms with Crippen LogP contribution in [-0.4, -0.2) is 52.1 Å². The van der Waals surface area contributed by atoms with Crippen molar-refractivity contribution in [2.24, 2.45) is 5.92 Å². The molecule has 0 radical (unpaired) electrons. The Morgan fingerprint density at radius 3 is 2.71 bits per heavy atom. The molecule has 2 N–H and O–H groups in total. The summed E-state index contributed by atoms with van der Waals surface area (Å²) in [6.07, 6.45) is 10.5. The van der Waals surface area contributed by atoms with Crippen molar-refractivity contribution < 1.29 is 9.90 Å². The number of rotatable bonds is 5. The molecule has 2 aliphatic rings. The molecule has 6 heteroatoms. The molecule has 1 aromatic heterocycles. The lowest BCUT2D eigenvalue weighted by Crippen LogP contribution is -2.30. The molecular formula is C18H28N4O2. The Morgan fingerprint density at radius 1 is 1.25 bits per heavy atom. The predicted octanol–water partition coefficient (Wildman–Crippen LogP) is 2.02. The van der Waals surface area contributed by atoms with Gasteiger partial charge in [-0.1, -0.05) is 19.3 Å². The minimum absolute atomic E-state index is 0.160. The molecule has 0 aromatic carbocycles. The summed E-state index contributed by atoms with van der Waals surface area (Å²) in [4.78, 5) is 22.5. The Hall–Kier alpha value is -1.53. The van der Waals surface area contributed by atoms with Crippen LogP contribution in [0.2, 0.25) is 0 Å². The van der Waals surface area contributed by atoms with Gasteiger partial charge in [0.25, 0.3) is 0 Å². The van der Waals surface area contributed by atoms with Crippen molar-refractivity contribution >= 4 is 5.97 Å². The van der Waals surface area contributed by atoms with E-state index >= 15 is 0 Å². The van der Waals surface area contributed by atoms with Gasteiger partial charge in [0.2, 0.25) is 0 Å². The molecule has 1 saturated heterocycles. The number of carboxylic acids is 1. The Bertz CT molecular complexity index is 528. The first-order valence-electron chi connectivity index (χ1n) is 9.16. The van der Waals surface area contributed by atoms with Gasteiger partial charge in [-0.3, -0.25) is 9.69 Å². The summed E-state index contributed by atoms with van der Waals surface area (Å²) in [5, 5.41) is 12.4. The van der Waals surface area contributed by atoms with E-state index in [-0.39, 0.29) is 12.3 Å². The second-order valence-electron chi connectivity index (χ2n) is 7.19. The second kappa shape index (κ2) is 8.53. The van der Waals surface area contributed by atoms with E-state index in [1.54, 1.807) is 0 Å². The van der Waals surface area contributed by atoms with Gasteiger partial charge >= 0.3 is 5.97 Å². The van der Waals surface area contributed by atoms with Gasteiger partial charge in [0.1, 0.15) is 5.82 Å². The Labute approximate surface area is 143 Å². The van der Waals surface area contributed by atoms with Crippen LogP contribution in [0, 0.1) is 5.92 Å². The molecule has 1 atom stereocenters. The summed E-state index contributed by atoms with van der Waals surface area (Å²) in [7, 11) is 0. The van der Waals surface area contributed by atoms with Crippen molar-refractivity contribution in [3.05, 3.63) is 23.8 Å². The molecule has 1 saturated carbocycles. The van der Waals surface area contributed by atoms with Gasteiger partial charge in [0.05, 0.1) is 6.42 Å². The fourth-order valence-electron chi connectivity index (χ4n) is 3.87. The first-order valence-corrected chi connectivity index (χ1v) is 9.16. The average molecular weight is 332 g/mol. The van der Waals surface area contributed by atoms with Gasteiger partial charge in [0, 0.05) is 50.1 Å². The highest BCUT2D eigenvalue weighted by Gasteiger charge is 2.21. The Balaban J connectivity index is 1.57. The quantitative estimate of drug-likeness (QED) is 0.859. The van der Waals surface area contributed by atoms with Crippen LogP contribution >= 0.6 is 0 Å². The zero-order valence-corrected chi connectivity index (χ0v) is 14.3. The molecule has 1 aromatic rings. The standard InChI is InChI=1S/C18H28N4O2/c23-17(24)8-14-9-19-6-7-22(12-14)13-15-10-20-18(21-11-15)16-4-2-1-3-5-16/h10-11,14,16,19H,1-9,12-13H2,(H,23,24)/t14-/m0/s1. The minimum atomic E-state index is -0.719. The van der Waals surface area contributed by atoms with E-state index in [9.17, 15) is 4.79 Å². The summed E-state index contributed by atoms with van der Waals surface area (Å²) in [5.41, 5.74) is 1.12. The summed E-state index contributed by atoms with van der Waals surface area (Å²) in [6.45, 7) is 4.21. The third-order valence-corrected chi connectivity index (χ3v) is 5.12. The van der Waals surface area contributed by atoms with Crippen molar-refractivity contribution in [1.29, 1.82) is 0 Å². The van der Waals surface area contributed by atoms with Crippen LogP contribution in [-0.2, 0) is 11.3 Å². The third-order valence-electron chi connectivity index (χ3n) is 5.12. The van der Waals surface area contributed by atoms with Crippen molar-refractivity contribution in [3.63, 3.8) is 0 Å². The third kappa shape index (κ3) is 4.98. The molecule has 3 rings (SSSR count). The molecule has 6 nitrogen and oxygen atoms in total.